The lowest BCUT2D eigenvalue weighted by molar-refractivity contribution is -0.0390. The van der Waals surface area contributed by atoms with E-state index < -0.39 is 11.4 Å². The monoisotopic (exact) mass is 409 g/mol. The van der Waals surface area contributed by atoms with Crippen LogP contribution < -0.4 is 5.32 Å². The molecular weight excluding hydrogens is 385 g/mol. The molecule has 9 heteroatoms. The zero-order valence-corrected chi connectivity index (χ0v) is 17.2. The summed E-state index contributed by atoms with van der Waals surface area (Å²) in [7, 11) is 0. The molecule has 0 spiro atoms. The Hall–Kier alpha value is -1.29. The van der Waals surface area contributed by atoms with Crippen molar-refractivity contribution in [3.63, 3.8) is 0 Å². The van der Waals surface area contributed by atoms with Crippen LogP contribution in [-0.4, -0.2) is 49.8 Å². The van der Waals surface area contributed by atoms with E-state index in [0.717, 1.165) is 32.4 Å². The Balaban J connectivity index is 1.55. The average Bonchev–Trinajstić information content (AvgIpc) is 3.04. The smallest absolute Gasteiger partial charge is 0.223 e. The Labute approximate surface area is 166 Å². The van der Waals surface area contributed by atoms with Crippen LogP contribution in [0.4, 0.5) is 10.3 Å². The molecule has 0 atom stereocenters. The van der Waals surface area contributed by atoms with Crippen LogP contribution in [0.3, 0.4) is 0 Å². The van der Waals surface area contributed by atoms with Gasteiger partial charge >= 0.3 is 0 Å². The predicted molar refractivity (Wildman–Crippen MR) is 107 cm³/mol. The van der Waals surface area contributed by atoms with Crippen LogP contribution in [0, 0.1) is 12.7 Å². The summed E-state index contributed by atoms with van der Waals surface area (Å²) < 4.78 is 16.8. The lowest BCUT2D eigenvalue weighted by atomic mass is 9.81. The molecule has 2 aliphatic rings. The van der Waals surface area contributed by atoms with E-state index >= 15 is 0 Å². The predicted octanol–water partition coefficient (Wildman–Crippen LogP) is 3.57. The van der Waals surface area contributed by atoms with Crippen LogP contribution in [0.15, 0.2) is 6.20 Å². The fourth-order valence-corrected chi connectivity index (χ4v) is 5.28. The summed E-state index contributed by atoms with van der Waals surface area (Å²) in [5.41, 5.74) is 0.120. The minimum Gasteiger partial charge on any atom is -0.383 e. The molecule has 6 nitrogen and oxygen atoms in total. The molecule has 2 aromatic rings. The minimum atomic E-state index is -0.844. The molecule has 0 radical (unpaired) electrons. The minimum absolute atomic E-state index is 0.262. The zero-order chi connectivity index (χ0) is 19.0. The highest BCUT2D eigenvalue weighted by Gasteiger charge is 2.40. The highest BCUT2D eigenvalue weighted by atomic mass is 32.2. The summed E-state index contributed by atoms with van der Waals surface area (Å²) >= 11 is 3.11. The Morgan fingerprint density at radius 1 is 1.33 bits per heavy atom. The fourth-order valence-electron chi connectivity index (χ4n) is 3.50. The Kier molecular flexibility index (Phi) is 5.37. The van der Waals surface area contributed by atoms with E-state index in [-0.39, 0.29) is 5.69 Å². The number of aryl methyl sites for hydroxylation is 1. The summed E-state index contributed by atoms with van der Waals surface area (Å²) in [5, 5.41) is 14.6. The van der Waals surface area contributed by atoms with E-state index in [1.807, 2.05) is 6.92 Å². The first kappa shape index (κ1) is 19.0. The molecule has 27 heavy (non-hydrogen) atoms. The number of rotatable bonds is 5. The topological polar surface area (TPSA) is 74.2 Å². The molecule has 2 fully saturated rings. The Morgan fingerprint density at radius 3 is 2.70 bits per heavy atom. The molecule has 3 heterocycles. The lowest BCUT2D eigenvalue weighted by Crippen LogP contribution is -2.35. The summed E-state index contributed by atoms with van der Waals surface area (Å²) in [6.07, 6.45) is 7.75. The van der Waals surface area contributed by atoms with E-state index in [4.69, 9.17) is 0 Å². The second kappa shape index (κ2) is 7.62. The van der Waals surface area contributed by atoms with Crippen LogP contribution in [0.5, 0.6) is 0 Å². The van der Waals surface area contributed by atoms with E-state index in [1.165, 1.54) is 17.5 Å². The summed E-state index contributed by atoms with van der Waals surface area (Å²) in [6.45, 7) is 3.87. The maximum absolute atomic E-state index is 14.5. The van der Waals surface area contributed by atoms with Crippen molar-refractivity contribution in [2.24, 2.45) is 0 Å². The van der Waals surface area contributed by atoms with Gasteiger partial charge in [0.05, 0.1) is 16.8 Å². The summed E-state index contributed by atoms with van der Waals surface area (Å²) in [5.74, 6) is -0.0117. The van der Waals surface area contributed by atoms with Crippen molar-refractivity contribution in [3.8, 4) is 10.6 Å². The lowest BCUT2D eigenvalue weighted by Gasteiger charge is -2.34. The standard InChI is InChI=1S/C18H24FN5OS2/c1-11-15(27-16(21-11)18(25)6-3-7-18)14-13(19)10-20-17(23-14)22-12-4-8-24(26-2)9-5-12/h10,12,25H,3-9H2,1-2H3,(H,20,22,23). The Bertz CT molecular complexity index is 818. The molecule has 1 aliphatic heterocycles. The van der Waals surface area contributed by atoms with Crippen molar-refractivity contribution < 1.29 is 9.50 Å². The maximum Gasteiger partial charge on any atom is 0.223 e. The second-order valence-electron chi connectivity index (χ2n) is 7.24. The van der Waals surface area contributed by atoms with E-state index in [2.05, 4.69) is 30.8 Å². The first-order valence-electron chi connectivity index (χ1n) is 9.27. The van der Waals surface area contributed by atoms with Gasteiger partial charge in [-0.2, -0.15) is 0 Å². The molecule has 0 aromatic carbocycles. The number of aromatic nitrogens is 3. The van der Waals surface area contributed by atoms with Gasteiger partial charge in [-0.05, 0) is 45.3 Å². The van der Waals surface area contributed by atoms with Crippen LogP contribution in [0.2, 0.25) is 0 Å². The van der Waals surface area contributed by atoms with Crippen LogP contribution >= 0.6 is 23.3 Å². The van der Waals surface area contributed by atoms with Crippen molar-refractivity contribution >= 4 is 29.2 Å². The van der Waals surface area contributed by atoms with Gasteiger partial charge in [0.15, 0.2) is 5.82 Å². The van der Waals surface area contributed by atoms with Crippen molar-refractivity contribution in [2.75, 3.05) is 24.7 Å². The van der Waals surface area contributed by atoms with Gasteiger partial charge in [0, 0.05) is 19.1 Å². The number of nitrogens with zero attached hydrogens (tertiary/aromatic N) is 4. The van der Waals surface area contributed by atoms with Gasteiger partial charge in [0.2, 0.25) is 5.95 Å². The van der Waals surface area contributed by atoms with E-state index in [0.29, 0.717) is 40.4 Å². The van der Waals surface area contributed by atoms with Crippen molar-refractivity contribution in [2.45, 2.75) is 50.7 Å². The number of thiazole rings is 1. The quantitative estimate of drug-likeness (QED) is 0.731. The number of hydrogen-bond acceptors (Lipinski definition) is 8. The molecule has 0 amide bonds. The van der Waals surface area contributed by atoms with Gasteiger partial charge < -0.3 is 10.4 Å². The van der Waals surface area contributed by atoms with Gasteiger partial charge in [-0.1, -0.05) is 11.9 Å². The zero-order valence-electron chi connectivity index (χ0n) is 15.5. The molecule has 2 aromatic heterocycles. The van der Waals surface area contributed by atoms with Crippen LogP contribution in [0.25, 0.3) is 10.6 Å². The van der Waals surface area contributed by atoms with Gasteiger partial charge in [-0.3, -0.25) is 4.31 Å². The van der Waals surface area contributed by atoms with Crippen LogP contribution in [0.1, 0.15) is 42.8 Å². The highest BCUT2D eigenvalue weighted by Crippen LogP contribution is 2.45. The van der Waals surface area contributed by atoms with Gasteiger partial charge in [0.25, 0.3) is 0 Å². The average molecular weight is 410 g/mol. The van der Waals surface area contributed by atoms with Gasteiger partial charge in [-0.15, -0.1) is 11.3 Å². The van der Waals surface area contributed by atoms with Crippen molar-refractivity contribution in [3.05, 3.63) is 22.7 Å². The molecule has 0 bridgehead atoms. The molecule has 1 saturated carbocycles. The molecule has 1 aliphatic carbocycles. The number of aliphatic hydroxyl groups is 1. The number of hydrogen-bond donors (Lipinski definition) is 2. The van der Waals surface area contributed by atoms with E-state index in [9.17, 15) is 9.50 Å². The van der Waals surface area contributed by atoms with E-state index in [1.54, 1.807) is 11.9 Å². The summed E-state index contributed by atoms with van der Waals surface area (Å²) in [6, 6.07) is 0.292. The van der Waals surface area contributed by atoms with Gasteiger partial charge in [-0.25, -0.2) is 19.3 Å². The molecular formula is C18H24FN5OS2. The van der Waals surface area contributed by atoms with Crippen molar-refractivity contribution in [1.82, 2.24) is 19.3 Å². The number of nitrogens with one attached hydrogen (secondary N) is 1. The molecule has 4 rings (SSSR count). The Morgan fingerprint density at radius 2 is 2.07 bits per heavy atom. The van der Waals surface area contributed by atoms with Gasteiger partial charge in [0.1, 0.15) is 16.3 Å². The summed E-state index contributed by atoms with van der Waals surface area (Å²) in [4.78, 5) is 13.7. The third kappa shape index (κ3) is 3.83. The first-order valence-corrected chi connectivity index (χ1v) is 11.3. The molecule has 2 N–H and O–H groups in total. The normalized spacial score (nSPS) is 20.4. The fraction of sp³-hybridized carbons (Fsp3) is 0.611. The molecule has 1 saturated heterocycles. The first-order chi connectivity index (χ1) is 13.0. The maximum atomic E-state index is 14.5. The highest BCUT2D eigenvalue weighted by molar-refractivity contribution is 7.96. The third-order valence-electron chi connectivity index (χ3n) is 5.38. The molecule has 146 valence electrons. The van der Waals surface area contributed by atoms with Crippen LogP contribution in [-0.2, 0) is 5.60 Å². The molecule has 0 unspecified atom stereocenters. The third-order valence-corrected chi connectivity index (χ3v) is 7.62. The number of anilines is 1. The largest absolute Gasteiger partial charge is 0.383 e. The van der Waals surface area contributed by atoms with Crippen molar-refractivity contribution in [1.29, 1.82) is 0 Å². The number of piperidine rings is 1. The number of halogens is 1. The second-order valence-corrected chi connectivity index (χ2v) is 9.12. The SMILES string of the molecule is CSN1CCC(Nc2ncc(F)c(-c3sc(C4(O)CCC4)nc3C)n2)CC1.